The molecule has 1 aromatic carbocycles. The molecular weight excluding hydrogens is 294 g/mol. The summed E-state index contributed by atoms with van der Waals surface area (Å²) in [6, 6.07) is 4.57. The Kier molecular flexibility index (Phi) is 4.50. The number of amides is 2. The van der Waals surface area contributed by atoms with Crippen LogP contribution in [0.25, 0.3) is 11.0 Å². The lowest BCUT2D eigenvalue weighted by atomic mass is 10.2. The molecule has 0 aliphatic carbocycles. The number of hydrogen-bond acceptors (Lipinski definition) is 3. The van der Waals surface area contributed by atoms with Gasteiger partial charge in [0.1, 0.15) is 0 Å². The van der Waals surface area contributed by atoms with Crippen molar-refractivity contribution >= 4 is 28.5 Å². The number of imidazole rings is 1. The van der Waals surface area contributed by atoms with Gasteiger partial charge >= 0.3 is 0 Å². The maximum absolute atomic E-state index is 12.6. The molecule has 2 amide bonds. The van der Waals surface area contributed by atoms with E-state index in [0.29, 0.717) is 16.7 Å². The van der Waals surface area contributed by atoms with Crippen molar-refractivity contribution in [1.29, 1.82) is 0 Å². The lowest BCUT2D eigenvalue weighted by Gasteiger charge is -2.14. The molecule has 0 aliphatic heterocycles. The van der Waals surface area contributed by atoms with Gasteiger partial charge in [0.25, 0.3) is 6.43 Å². The number of likely N-dealkylation sites (N-methyl/N-ethyl adjacent to an activating group) is 1. The van der Waals surface area contributed by atoms with Gasteiger partial charge in [0.15, 0.2) is 5.82 Å². The summed E-state index contributed by atoms with van der Waals surface area (Å²) in [5.41, 5.74) is 1.19. The first-order valence-corrected chi connectivity index (χ1v) is 6.36. The number of rotatable bonds is 5. The molecule has 0 radical (unpaired) electrons. The van der Waals surface area contributed by atoms with Crippen molar-refractivity contribution in [2.24, 2.45) is 0 Å². The fourth-order valence-corrected chi connectivity index (χ4v) is 1.86. The zero-order valence-corrected chi connectivity index (χ0v) is 11.8. The lowest BCUT2D eigenvalue weighted by molar-refractivity contribution is -0.129. The Morgan fingerprint density at radius 2 is 2.23 bits per heavy atom. The Balaban J connectivity index is 2.09. The standard InChI is InChI=1S/C14H14F2N4O2/c1-3-12(22)20(2)7-11(21)17-8-4-5-9-10(6-8)19-14(18-9)13(15)16/h3-6,13H,1,7H2,2H3,(H,17,21)(H,18,19). The number of nitrogens with zero attached hydrogens (tertiary/aromatic N) is 2. The summed E-state index contributed by atoms with van der Waals surface area (Å²) in [4.78, 5) is 30.5. The van der Waals surface area contributed by atoms with Crippen LogP contribution in [-0.2, 0) is 9.59 Å². The van der Waals surface area contributed by atoms with Gasteiger partial charge in [-0.2, -0.15) is 0 Å². The van der Waals surface area contributed by atoms with E-state index in [-0.39, 0.29) is 12.5 Å². The molecule has 116 valence electrons. The third-order valence-electron chi connectivity index (χ3n) is 2.92. The van der Waals surface area contributed by atoms with Crippen LogP contribution in [0, 0.1) is 0 Å². The number of nitrogens with one attached hydrogen (secondary N) is 2. The molecule has 0 bridgehead atoms. The van der Waals surface area contributed by atoms with E-state index in [4.69, 9.17) is 0 Å². The number of alkyl halides is 2. The first kappa shape index (κ1) is 15.6. The number of carbonyl (C=O) groups excluding carboxylic acids is 2. The summed E-state index contributed by atoms with van der Waals surface area (Å²) in [7, 11) is 1.47. The zero-order chi connectivity index (χ0) is 16.3. The zero-order valence-electron chi connectivity index (χ0n) is 11.8. The number of anilines is 1. The van der Waals surface area contributed by atoms with Crippen molar-refractivity contribution < 1.29 is 18.4 Å². The molecule has 22 heavy (non-hydrogen) atoms. The van der Waals surface area contributed by atoms with E-state index < -0.39 is 18.2 Å². The van der Waals surface area contributed by atoms with E-state index in [1.807, 2.05) is 0 Å². The minimum atomic E-state index is -2.69. The SMILES string of the molecule is C=CC(=O)N(C)CC(=O)Nc1ccc2nc(C(F)F)[nH]c2c1. The van der Waals surface area contributed by atoms with Gasteiger partial charge < -0.3 is 15.2 Å². The Bertz CT molecular complexity index is 727. The van der Waals surface area contributed by atoms with Crippen LogP contribution in [0.3, 0.4) is 0 Å². The second-order valence-electron chi connectivity index (χ2n) is 4.60. The normalized spacial score (nSPS) is 10.7. The largest absolute Gasteiger partial charge is 0.337 e. The van der Waals surface area contributed by atoms with Gasteiger partial charge in [0.05, 0.1) is 17.6 Å². The van der Waals surface area contributed by atoms with Crippen LogP contribution in [-0.4, -0.2) is 40.3 Å². The quantitative estimate of drug-likeness (QED) is 0.830. The monoisotopic (exact) mass is 308 g/mol. The fraction of sp³-hybridized carbons (Fsp3) is 0.214. The highest BCUT2D eigenvalue weighted by Gasteiger charge is 2.14. The molecule has 0 saturated carbocycles. The number of fused-ring (bicyclic) bond motifs is 1. The van der Waals surface area contributed by atoms with Crippen LogP contribution in [0.4, 0.5) is 14.5 Å². The molecule has 6 nitrogen and oxygen atoms in total. The van der Waals surface area contributed by atoms with Gasteiger partial charge in [-0.3, -0.25) is 9.59 Å². The Hall–Kier alpha value is -2.77. The summed E-state index contributed by atoms with van der Waals surface area (Å²) < 4.78 is 25.1. The summed E-state index contributed by atoms with van der Waals surface area (Å²) >= 11 is 0. The van der Waals surface area contributed by atoms with Gasteiger partial charge in [-0.1, -0.05) is 6.58 Å². The topological polar surface area (TPSA) is 78.1 Å². The molecular formula is C14H14F2N4O2. The number of aromatic nitrogens is 2. The van der Waals surface area contributed by atoms with Gasteiger partial charge in [-0.25, -0.2) is 13.8 Å². The van der Waals surface area contributed by atoms with Crippen molar-refractivity contribution in [2.75, 3.05) is 18.9 Å². The summed E-state index contributed by atoms with van der Waals surface area (Å²) in [5, 5.41) is 2.58. The van der Waals surface area contributed by atoms with E-state index in [9.17, 15) is 18.4 Å². The molecule has 0 unspecified atom stereocenters. The van der Waals surface area contributed by atoms with E-state index >= 15 is 0 Å². The second kappa shape index (κ2) is 6.33. The number of carbonyl (C=O) groups is 2. The van der Waals surface area contributed by atoms with E-state index in [1.54, 1.807) is 6.07 Å². The highest BCUT2D eigenvalue weighted by atomic mass is 19.3. The summed E-state index contributed by atoms with van der Waals surface area (Å²) in [5.74, 6) is -1.21. The van der Waals surface area contributed by atoms with Crippen molar-refractivity contribution in [3.05, 3.63) is 36.7 Å². The van der Waals surface area contributed by atoms with E-state index in [1.165, 1.54) is 24.1 Å². The molecule has 0 aliphatic rings. The van der Waals surface area contributed by atoms with Crippen molar-refractivity contribution in [3.8, 4) is 0 Å². The van der Waals surface area contributed by atoms with Gasteiger partial charge in [0, 0.05) is 12.7 Å². The first-order valence-electron chi connectivity index (χ1n) is 6.36. The van der Waals surface area contributed by atoms with Gasteiger partial charge in [-0.05, 0) is 24.3 Å². The molecule has 2 N–H and O–H groups in total. The fourth-order valence-electron chi connectivity index (χ4n) is 1.86. The van der Waals surface area contributed by atoms with Crippen molar-refractivity contribution in [2.45, 2.75) is 6.43 Å². The minimum absolute atomic E-state index is 0.145. The number of benzene rings is 1. The van der Waals surface area contributed by atoms with Gasteiger partial charge in [0.2, 0.25) is 11.8 Å². The third-order valence-corrected chi connectivity index (χ3v) is 2.92. The molecule has 0 fully saturated rings. The molecule has 1 heterocycles. The van der Waals surface area contributed by atoms with Crippen LogP contribution in [0.5, 0.6) is 0 Å². The predicted molar refractivity (Wildman–Crippen MR) is 77.5 cm³/mol. The predicted octanol–water partition coefficient (Wildman–Crippen LogP) is 2.08. The van der Waals surface area contributed by atoms with Crippen LogP contribution in [0.1, 0.15) is 12.2 Å². The average molecular weight is 308 g/mol. The lowest BCUT2D eigenvalue weighted by Crippen LogP contribution is -2.33. The molecule has 1 aromatic heterocycles. The molecule has 2 rings (SSSR count). The number of H-pyrrole nitrogens is 1. The number of hydrogen-bond donors (Lipinski definition) is 2. The Morgan fingerprint density at radius 1 is 1.50 bits per heavy atom. The molecule has 0 atom stereocenters. The maximum Gasteiger partial charge on any atom is 0.295 e. The van der Waals surface area contributed by atoms with Crippen LogP contribution in [0.15, 0.2) is 30.9 Å². The van der Waals surface area contributed by atoms with E-state index in [2.05, 4.69) is 21.9 Å². The number of halogens is 2. The number of aromatic amines is 1. The summed E-state index contributed by atoms with van der Waals surface area (Å²) in [6.07, 6.45) is -1.58. The van der Waals surface area contributed by atoms with Crippen molar-refractivity contribution in [1.82, 2.24) is 14.9 Å². The Labute approximate surface area is 124 Å². The molecule has 0 spiro atoms. The second-order valence-corrected chi connectivity index (χ2v) is 4.60. The first-order chi connectivity index (χ1) is 10.4. The summed E-state index contributed by atoms with van der Waals surface area (Å²) in [6.45, 7) is 3.18. The maximum atomic E-state index is 12.6. The van der Waals surface area contributed by atoms with Crippen LogP contribution in [0.2, 0.25) is 0 Å². The van der Waals surface area contributed by atoms with Crippen LogP contribution >= 0.6 is 0 Å². The smallest absolute Gasteiger partial charge is 0.295 e. The highest BCUT2D eigenvalue weighted by molar-refractivity contribution is 5.97. The molecule has 8 heteroatoms. The van der Waals surface area contributed by atoms with Gasteiger partial charge in [-0.15, -0.1) is 0 Å². The molecule has 2 aromatic rings. The van der Waals surface area contributed by atoms with Crippen molar-refractivity contribution in [3.63, 3.8) is 0 Å². The Morgan fingerprint density at radius 3 is 2.86 bits per heavy atom. The average Bonchev–Trinajstić information content (AvgIpc) is 2.89. The molecule has 0 saturated heterocycles. The minimum Gasteiger partial charge on any atom is -0.337 e. The third kappa shape index (κ3) is 3.46. The van der Waals surface area contributed by atoms with E-state index in [0.717, 1.165) is 6.08 Å². The highest BCUT2D eigenvalue weighted by Crippen LogP contribution is 2.22. The van der Waals surface area contributed by atoms with Crippen LogP contribution < -0.4 is 5.32 Å².